The van der Waals surface area contributed by atoms with Gasteiger partial charge in [0.25, 0.3) is 0 Å². The molecular formula is C10H13NO4S2. The van der Waals surface area contributed by atoms with E-state index in [1.807, 2.05) is 0 Å². The lowest BCUT2D eigenvalue weighted by Gasteiger charge is -2.19. The number of sulfone groups is 1. The van der Waals surface area contributed by atoms with Gasteiger partial charge in [0, 0.05) is 5.92 Å². The Bertz CT molecular complexity index is 506. The van der Waals surface area contributed by atoms with Crippen molar-refractivity contribution in [2.45, 2.75) is 18.8 Å². The van der Waals surface area contributed by atoms with E-state index in [0.29, 0.717) is 17.7 Å². The molecule has 1 aliphatic heterocycles. The molecule has 0 amide bonds. The molecule has 0 aliphatic carbocycles. The molecule has 1 aromatic rings. The van der Waals surface area contributed by atoms with Gasteiger partial charge < -0.3 is 4.74 Å². The van der Waals surface area contributed by atoms with E-state index < -0.39 is 15.8 Å². The van der Waals surface area contributed by atoms with Crippen LogP contribution in [0.25, 0.3) is 0 Å². The van der Waals surface area contributed by atoms with Gasteiger partial charge in [-0.25, -0.2) is 18.2 Å². The Labute approximate surface area is 104 Å². The summed E-state index contributed by atoms with van der Waals surface area (Å²) in [6, 6.07) is 0. The summed E-state index contributed by atoms with van der Waals surface area (Å²) in [5, 5.41) is 0.834. The third-order valence-electron chi connectivity index (χ3n) is 2.81. The third kappa shape index (κ3) is 2.84. The van der Waals surface area contributed by atoms with Crippen LogP contribution >= 0.6 is 11.3 Å². The molecule has 0 bridgehead atoms. The summed E-state index contributed by atoms with van der Waals surface area (Å²) in [4.78, 5) is 15.9. The quantitative estimate of drug-likeness (QED) is 0.759. The molecule has 0 N–H and O–H groups in total. The van der Waals surface area contributed by atoms with Crippen LogP contribution in [0.2, 0.25) is 0 Å². The number of hydrogen-bond acceptors (Lipinski definition) is 6. The SMILES string of the molecule is COC(=O)c1cnc(C2CCS(=O)(=O)CC2)s1. The molecule has 94 valence electrons. The van der Waals surface area contributed by atoms with Crippen LogP contribution in [0.15, 0.2) is 6.20 Å². The van der Waals surface area contributed by atoms with E-state index >= 15 is 0 Å². The number of nitrogens with zero attached hydrogens (tertiary/aromatic N) is 1. The Morgan fingerprint density at radius 3 is 2.71 bits per heavy atom. The van der Waals surface area contributed by atoms with Gasteiger partial charge in [-0.05, 0) is 12.8 Å². The van der Waals surface area contributed by atoms with Crippen molar-refractivity contribution >= 4 is 27.1 Å². The molecule has 0 aromatic carbocycles. The van der Waals surface area contributed by atoms with Crippen molar-refractivity contribution in [1.82, 2.24) is 4.98 Å². The second-order valence-corrected chi connectivity index (χ2v) is 7.35. The van der Waals surface area contributed by atoms with Crippen LogP contribution < -0.4 is 0 Å². The summed E-state index contributed by atoms with van der Waals surface area (Å²) in [7, 11) is -1.52. The Morgan fingerprint density at radius 1 is 1.47 bits per heavy atom. The molecule has 17 heavy (non-hydrogen) atoms. The second kappa shape index (κ2) is 4.73. The summed E-state index contributed by atoms with van der Waals surface area (Å²) in [5.74, 6) is 0.189. The smallest absolute Gasteiger partial charge is 0.349 e. The fraction of sp³-hybridized carbons (Fsp3) is 0.600. The van der Waals surface area contributed by atoms with Crippen LogP contribution in [0, 0.1) is 0 Å². The van der Waals surface area contributed by atoms with Crippen molar-refractivity contribution in [1.29, 1.82) is 0 Å². The molecule has 0 radical (unpaired) electrons. The summed E-state index contributed by atoms with van der Waals surface area (Å²) in [6.07, 6.45) is 2.68. The number of esters is 1. The average Bonchev–Trinajstić information content (AvgIpc) is 2.77. The largest absolute Gasteiger partial charge is 0.465 e. The Morgan fingerprint density at radius 2 is 2.12 bits per heavy atom. The monoisotopic (exact) mass is 275 g/mol. The molecule has 7 heteroatoms. The first-order valence-electron chi connectivity index (χ1n) is 5.26. The van der Waals surface area contributed by atoms with Gasteiger partial charge in [-0.2, -0.15) is 0 Å². The topological polar surface area (TPSA) is 73.3 Å². The van der Waals surface area contributed by atoms with Gasteiger partial charge in [-0.1, -0.05) is 0 Å². The first-order valence-corrected chi connectivity index (χ1v) is 7.90. The maximum Gasteiger partial charge on any atom is 0.349 e. The molecule has 2 rings (SSSR count). The lowest BCUT2D eigenvalue weighted by Crippen LogP contribution is -2.21. The molecule has 0 spiro atoms. The Kier molecular flexibility index (Phi) is 3.48. The van der Waals surface area contributed by atoms with Crippen LogP contribution in [0.1, 0.15) is 33.4 Å². The normalized spacial score (nSPS) is 20.1. The highest BCUT2D eigenvalue weighted by Gasteiger charge is 2.27. The van der Waals surface area contributed by atoms with Gasteiger partial charge in [0.05, 0.1) is 29.8 Å². The minimum atomic E-state index is -2.85. The first kappa shape index (κ1) is 12.5. The van der Waals surface area contributed by atoms with E-state index in [1.165, 1.54) is 24.6 Å². The molecule has 1 aliphatic rings. The van der Waals surface area contributed by atoms with Crippen molar-refractivity contribution in [3.8, 4) is 0 Å². The van der Waals surface area contributed by atoms with E-state index in [0.717, 1.165) is 5.01 Å². The van der Waals surface area contributed by atoms with E-state index in [9.17, 15) is 13.2 Å². The van der Waals surface area contributed by atoms with Gasteiger partial charge in [0.15, 0.2) is 0 Å². The van der Waals surface area contributed by atoms with E-state index in [-0.39, 0.29) is 17.4 Å². The van der Waals surface area contributed by atoms with Crippen molar-refractivity contribution in [3.63, 3.8) is 0 Å². The predicted molar refractivity (Wildman–Crippen MR) is 64.1 cm³/mol. The van der Waals surface area contributed by atoms with Crippen molar-refractivity contribution < 1.29 is 17.9 Å². The number of carbonyl (C=O) groups excluding carboxylic acids is 1. The zero-order valence-electron chi connectivity index (χ0n) is 9.38. The lowest BCUT2D eigenvalue weighted by molar-refractivity contribution is 0.0606. The molecule has 1 aromatic heterocycles. The number of carbonyl (C=O) groups is 1. The van der Waals surface area contributed by atoms with Gasteiger partial charge in [0.2, 0.25) is 0 Å². The molecule has 1 saturated heterocycles. The van der Waals surface area contributed by atoms with Crippen molar-refractivity contribution in [2.24, 2.45) is 0 Å². The Hall–Kier alpha value is -0.950. The van der Waals surface area contributed by atoms with Gasteiger partial charge in [-0.3, -0.25) is 0 Å². The number of aromatic nitrogens is 1. The third-order valence-corrected chi connectivity index (χ3v) is 5.67. The number of rotatable bonds is 2. The molecule has 2 heterocycles. The molecule has 0 saturated carbocycles. The number of ether oxygens (including phenoxy) is 1. The molecule has 5 nitrogen and oxygen atoms in total. The predicted octanol–water partition coefficient (Wildman–Crippen LogP) is 1.22. The summed E-state index contributed by atoms with van der Waals surface area (Å²) >= 11 is 1.29. The van der Waals surface area contributed by atoms with Crippen LogP contribution in [0.3, 0.4) is 0 Å². The highest BCUT2D eigenvalue weighted by molar-refractivity contribution is 7.91. The minimum absolute atomic E-state index is 0.155. The highest BCUT2D eigenvalue weighted by atomic mass is 32.2. The van der Waals surface area contributed by atoms with E-state index in [4.69, 9.17) is 0 Å². The molecule has 0 unspecified atom stereocenters. The van der Waals surface area contributed by atoms with Crippen LogP contribution in [-0.4, -0.2) is 38.0 Å². The maximum atomic E-state index is 11.3. The zero-order chi connectivity index (χ0) is 12.5. The zero-order valence-corrected chi connectivity index (χ0v) is 11.0. The van der Waals surface area contributed by atoms with Gasteiger partial charge in [-0.15, -0.1) is 11.3 Å². The maximum absolute atomic E-state index is 11.3. The summed E-state index contributed by atoms with van der Waals surface area (Å²) < 4.78 is 27.2. The van der Waals surface area contributed by atoms with Crippen LogP contribution in [0.4, 0.5) is 0 Å². The van der Waals surface area contributed by atoms with Gasteiger partial charge in [0.1, 0.15) is 14.7 Å². The molecule has 0 atom stereocenters. The standard InChI is InChI=1S/C10H13NO4S2/c1-15-10(12)8-6-11-9(16-8)7-2-4-17(13,14)5-3-7/h6-7H,2-5H2,1H3. The first-order chi connectivity index (χ1) is 8.02. The molecular weight excluding hydrogens is 262 g/mol. The fourth-order valence-corrected chi connectivity index (χ4v) is 4.30. The van der Waals surface area contributed by atoms with E-state index in [1.54, 1.807) is 0 Å². The van der Waals surface area contributed by atoms with E-state index in [2.05, 4.69) is 9.72 Å². The summed E-state index contributed by atoms with van der Waals surface area (Å²) in [5.41, 5.74) is 0. The Balaban J connectivity index is 2.09. The second-order valence-electron chi connectivity index (χ2n) is 3.98. The fourth-order valence-electron chi connectivity index (χ4n) is 1.81. The van der Waals surface area contributed by atoms with Gasteiger partial charge >= 0.3 is 5.97 Å². The highest BCUT2D eigenvalue weighted by Crippen LogP contribution is 2.31. The summed E-state index contributed by atoms with van der Waals surface area (Å²) in [6.45, 7) is 0. The van der Waals surface area contributed by atoms with Crippen molar-refractivity contribution in [3.05, 3.63) is 16.1 Å². The van der Waals surface area contributed by atoms with Crippen LogP contribution in [-0.2, 0) is 14.6 Å². The number of methoxy groups -OCH3 is 1. The van der Waals surface area contributed by atoms with Crippen molar-refractivity contribution in [2.75, 3.05) is 18.6 Å². The number of hydrogen-bond donors (Lipinski definition) is 0. The average molecular weight is 275 g/mol. The minimum Gasteiger partial charge on any atom is -0.465 e. The molecule has 1 fully saturated rings. The number of thiazole rings is 1. The van der Waals surface area contributed by atoms with Crippen LogP contribution in [0.5, 0.6) is 0 Å². The lowest BCUT2D eigenvalue weighted by atomic mass is 10.0.